The van der Waals surface area contributed by atoms with Gasteiger partial charge in [0.1, 0.15) is 11.0 Å². The first-order valence-electron chi connectivity index (χ1n) is 4.21. The molecule has 0 bridgehead atoms. The Kier molecular flexibility index (Phi) is 3.80. The lowest BCUT2D eigenvalue weighted by atomic mass is 10.1. The van der Waals surface area contributed by atoms with Crippen molar-refractivity contribution in [3.05, 3.63) is 42.5 Å². The zero-order valence-electron chi connectivity index (χ0n) is 8.12. The summed E-state index contributed by atoms with van der Waals surface area (Å²) >= 11 is 0. The minimum atomic E-state index is -1.14. The van der Waals surface area contributed by atoms with E-state index in [4.69, 9.17) is 0 Å². The maximum atomic E-state index is 11.4. The molecular weight excluding hydrogens is 194 g/mol. The van der Waals surface area contributed by atoms with Crippen molar-refractivity contribution < 1.29 is 4.21 Å². The third kappa shape index (κ3) is 2.19. The van der Waals surface area contributed by atoms with Crippen LogP contribution in [-0.4, -0.2) is 11.3 Å². The van der Waals surface area contributed by atoms with Gasteiger partial charge in [0.15, 0.2) is 0 Å². The lowest BCUT2D eigenvalue weighted by Crippen LogP contribution is -2.10. The van der Waals surface area contributed by atoms with Gasteiger partial charge in [-0.3, -0.25) is 0 Å². The Labute approximate surface area is 86.9 Å². The highest BCUT2D eigenvalue weighted by atomic mass is 32.2. The summed E-state index contributed by atoms with van der Waals surface area (Å²) in [5.41, 5.74) is 1.94. The Hall–Kier alpha value is -1.19. The summed E-state index contributed by atoms with van der Waals surface area (Å²) in [5, 5.41) is 0. The van der Waals surface area contributed by atoms with Crippen molar-refractivity contribution in [3.63, 3.8) is 0 Å². The van der Waals surface area contributed by atoms with Crippen molar-refractivity contribution in [2.24, 2.45) is 0 Å². The highest BCUT2D eigenvalue weighted by Gasteiger charge is 2.03. The van der Waals surface area contributed by atoms with Crippen LogP contribution in [0.25, 0.3) is 12.2 Å². The van der Waals surface area contributed by atoms with Crippen molar-refractivity contribution in [3.8, 4) is 0 Å². The molecule has 3 heteroatoms. The fraction of sp³-hybridized carbons (Fsp3) is 0.0909. The van der Waals surface area contributed by atoms with Crippen molar-refractivity contribution >= 4 is 23.1 Å². The average molecular weight is 207 g/mol. The minimum absolute atomic E-state index is 0.744. The molecule has 0 amide bonds. The van der Waals surface area contributed by atoms with Crippen molar-refractivity contribution in [2.45, 2.75) is 4.90 Å². The summed E-state index contributed by atoms with van der Waals surface area (Å²) in [4.78, 5) is 0.744. The monoisotopic (exact) mass is 207 g/mol. The molecule has 0 radical (unpaired) electrons. The molecule has 0 spiro atoms. The molecule has 1 aromatic carbocycles. The van der Waals surface area contributed by atoms with E-state index >= 15 is 0 Å². The van der Waals surface area contributed by atoms with E-state index in [-0.39, 0.29) is 0 Å². The highest BCUT2D eigenvalue weighted by molar-refractivity contribution is 7.83. The van der Waals surface area contributed by atoms with Crippen LogP contribution in [0, 0.1) is 0 Å². The van der Waals surface area contributed by atoms with Gasteiger partial charge >= 0.3 is 0 Å². The summed E-state index contributed by atoms with van der Waals surface area (Å²) in [6.07, 6.45) is 3.48. The summed E-state index contributed by atoms with van der Waals surface area (Å²) in [5.74, 6) is 0. The van der Waals surface area contributed by atoms with E-state index in [0.717, 1.165) is 16.0 Å². The second-order valence-electron chi connectivity index (χ2n) is 2.67. The Morgan fingerprint density at radius 2 is 1.93 bits per heavy atom. The summed E-state index contributed by atoms with van der Waals surface area (Å²) < 4.78 is 14.1. The van der Waals surface area contributed by atoms with Crippen molar-refractivity contribution in [1.82, 2.24) is 4.72 Å². The zero-order valence-corrected chi connectivity index (χ0v) is 8.93. The second kappa shape index (κ2) is 4.88. The number of hydrogen-bond donors (Lipinski definition) is 1. The van der Waals surface area contributed by atoms with Gasteiger partial charge in [0.2, 0.25) is 0 Å². The van der Waals surface area contributed by atoms with Gasteiger partial charge in [0.25, 0.3) is 0 Å². The summed E-state index contributed by atoms with van der Waals surface area (Å²) in [6.45, 7) is 7.39. The summed E-state index contributed by atoms with van der Waals surface area (Å²) in [6, 6.07) is 5.54. The molecule has 0 aliphatic heterocycles. The molecule has 1 aromatic rings. The molecule has 2 nitrogen and oxygen atoms in total. The lowest BCUT2D eigenvalue weighted by Gasteiger charge is -2.04. The lowest BCUT2D eigenvalue weighted by molar-refractivity contribution is 0.678. The largest absolute Gasteiger partial charge is 0.238 e. The van der Waals surface area contributed by atoms with Crippen molar-refractivity contribution in [2.75, 3.05) is 7.05 Å². The van der Waals surface area contributed by atoms with Crippen LogP contribution in [0.5, 0.6) is 0 Å². The number of rotatable bonds is 4. The highest BCUT2D eigenvalue weighted by Crippen LogP contribution is 2.16. The fourth-order valence-corrected chi connectivity index (χ4v) is 1.81. The van der Waals surface area contributed by atoms with Gasteiger partial charge < -0.3 is 0 Å². The predicted molar refractivity (Wildman–Crippen MR) is 62.1 cm³/mol. The number of benzene rings is 1. The van der Waals surface area contributed by atoms with Gasteiger partial charge in [-0.1, -0.05) is 31.4 Å². The van der Waals surface area contributed by atoms with E-state index in [1.54, 1.807) is 19.2 Å². The third-order valence-corrected chi connectivity index (χ3v) is 2.95. The van der Waals surface area contributed by atoms with Crippen LogP contribution in [0.3, 0.4) is 0 Å². The molecule has 0 saturated carbocycles. The van der Waals surface area contributed by atoms with Gasteiger partial charge in [-0.2, -0.15) is 0 Å². The van der Waals surface area contributed by atoms with E-state index in [1.807, 2.05) is 18.2 Å². The number of nitrogens with one attached hydrogen (secondary N) is 1. The van der Waals surface area contributed by atoms with Crippen LogP contribution < -0.4 is 4.72 Å². The van der Waals surface area contributed by atoms with Crippen LogP contribution in [0.1, 0.15) is 11.1 Å². The quantitative estimate of drug-likeness (QED) is 0.806. The van der Waals surface area contributed by atoms with Gasteiger partial charge in [0.05, 0.1) is 4.90 Å². The van der Waals surface area contributed by atoms with Gasteiger partial charge in [-0.25, -0.2) is 8.93 Å². The van der Waals surface area contributed by atoms with Gasteiger partial charge in [0, 0.05) is 0 Å². The normalized spacial score (nSPS) is 12.1. The first-order chi connectivity index (χ1) is 6.72. The SMILES string of the molecule is C=Cc1ccc(S(=O)NC)cc1C=C. The molecule has 1 N–H and O–H groups in total. The second-order valence-corrected chi connectivity index (χ2v) is 4.09. The van der Waals surface area contributed by atoms with E-state index in [0.29, 0.717) is 0 Å². The zero-order chi connectivity index (χ0) is 10.6. The Morgan fingerprint density at radius 1 is 1.29 bits per heavy atom. The molecule has 1 atom stereocenters. The Balaban J connectivity index is 3.20. The molecule has 0 aromatic heterocycles. The number of hydrogen-bond acceptors (Lipinski definition) is 1. The van der Waals surface area contributed by atoms with Crippen LogP contribution >= 0.6 is 0 Å². The average Bonchev–Trinajstić information content (AvgIpc) is 2.26. The van der Waals surface area contributed by atoms with Crippen LogP contribution in [-0.2, 0) is 11.0 Å². The minimum Gasteiger partial charge on any atom is -0.238 e. The molecule has 0 aliphatic carbocycles. The van der Waals surface area contributed by atoms with E-state index in [2.05, 4.69) is 17.9 Å². The van der Waals surface area contributed by atoms with E-state index in [1.165, 1.54) is 0 Å². The topological polar surface area (TPSA) is 29.1 Å². The smallest absolute Gasteiger partial charge is 0.124 e. The molecule has 0 aliphatic rings. The molecule has 0 heterocycles. The molecule has 0 saturated heterocycles. The van der Waals surface area contributed by atoms with Crippen LogP contribution in [0.4, 0.5) is 0 Å². The predicted octanol–water partition coefficient (Wildman–Crippen LogP) is 2.21. The Morgan fingerprint density at radius 3 is 2.43 bits per heavy atom. The molecule has 14 heavy (non-hydrogen) atoms. The maximum Gasteiger partial charge on any atom is 0.124 e. The first kappa shape index (κ1) is 10.9. The standard InChI is InChI=1S/C11H13NOS/c1-4-9-6-7-11(14(13)12-3)8-10(9)5-2/h4-8,12H,1-2H2,3H3. The third-order valence-electron chi connectivity index (χ3n) is 1.90. The molecular formula is C11H13NOS. The fourth-order valence-electron chi connectivity index (χ4n) is 1.15. The molecule has 74 valence electrons. The first-order valence-corrected chi connectivity index (χ1v) is 5.36. The van der Waals surface area contributed by atoms with Crippen LogP contribution in [0.15, 0.2) is 36.3 Å². The molecule has 1 unspecified atom stereocenters. The summed E-state index contributed by atoms with van der Waals surface area (Å²) in [7, 11) is 0.513. The van der Waals surface area contributed by atoms with Crippen molar-refractivity contribution in [1.29, 1.82) is 0 Å². The Bertz CT molecular complexity index is 385. The van der Waals surface area contributed by atoms with E-state index in [9.17, 15) is 4.21 Å². The molecule has 0 fully saturated rings. The van der Waals surface area contributed by atoms with Crippen LogP contribution in [0.2, 0.25) is 0 Å². The maximum absolute atomic E-state index is 11.4. The van der Waals surface area contributed by atoms with E-state index < -0.39 is 11.0 Å². The molecule has 1 rings (SSSR count). The van der Waals surface area contributed by atoms with Gasteiger partial charge in [-0.15, -0.1) is 0 Å². The van der Waals surface area contributed by atoms with Gasteiger partial charge in [-0.05, 0) is 30.3 Å².